The van der Waals surface area contributed by atoms with Gasteiger partial charge < -0.3 is 9.64 Å². The summed E-state index contributed by atoms with van der Waals surface area (Å²) in [6.07, 6.45) is 2.23. The number of rotatable bonds is 3. The first-order valence-electron chi connectivity index (χ1n) is 5.79. The van der Waals surface area contributed by atoms with Crippen molar-refractivity contribution in [3.05, 3.63) is 48.6 Å². The Labute approximate surface area is 97.5 Å². The second kappa shape index (κ2) is 5.28. The molecule has 0 amide bonds. The normalized spacial score (nSPS) is 23.9. The van der Waals surface area contributed by atoms with E-state index in [2.05, 4.69) is 42.8 Å². The van der Waals surface area contributed by atoms with E-state index in [4.69, 9.17) is 4.74 Å². The zero-order valence-electron chi connectivity index (χ0n) is 9.80. The van der Waals surface area contributed by atoms with Gasteiger partial charge in [-0.15, -0.1) is 6.58 Å². The number of morpholine rings is 1. The van der Waals surface area contributed by atoms with Crippen LogP contribution in [0.1, 0.15) is 11.5 Å². The molecule has 1 aliphatic heterocycles. The van der Waals surface area contributed by atoms with Crippen LogP contribution in [0, 0.1) is 0 Å². The fraction of sp³-hybridized carbons (Fsp3) is 0.429. The van der Waals surface area contributed by atoms with Crippen LogP contribution >= 0.6 is 0 Å². The predicted molar refractivity (Wildman–Crippen MR) is 66.6 cm³/mol. The van der Waals surface area contributed by atoms with Crippen LogP contribution in [0.25, 0.3) is 0 Å². The lowest BCUT2D eigenvalue weighted by molar-refractivity contribution is -0.0261. The monoisotopic (exact) mass is 217 g/mol. The number of benzene rings is 1. The maximum atomic E-state index is 5.84. The molecule has 2 rings (SSSR count). The Morgan fingerprint density at radius 3 is 2.81 bits per heavy atom. The standard InChI is InChI=1S/C14H19NO/c1-3-13(12-7-5-4-6-8-12)14-11-15(2)9-10-16-14/h3-8,13-14H,1,9-11H2,2H3. The minimum atomic E-state index is 0.235. The highest BCUT2D eigenvalue weighted by Gasteiger charge is 2.25. The molecule has 1 heterocycles. The van der Waals surface area contributed by atoms with Gasteiger partial charge in [-0.3, -0.25) is 0 Å². The van der Waals surface area contributed by atoms with E-state index in [1.807, 2.05) is 12.1 Å². The van der Waals surface area contributed by atoms with Crippen LogP contribution in [0.15, 0.2) is 43.0 Å². The molecule has 1 aliphatic rings. The fourth-order valence-corrected chi connectivity index (χ4v) is 2.21. The number of hydrogen-bond acceptors (Lipinski definition) is 2. The Kier molecular flexibility index (Phi) is 3.75. The van der Waals surface area contributed by atoms with E-state index < -0.39 is 0 Å². The quantitative estimate of drug-likeness (QED) is 0.720. The van der Waals surface area contributed by atoms with E-state index in [-0.39, 0.29) is 6.10 Å². The molecule has 0 spiro atoms. The van der Waals surface area contributed by atoms with Gasteiger partial charge in [0, 0.05) is 19.0 Å². The number of ether oxygens (including phenoxy) is 1. The van der Waals surface area contributed by atoms with Crippen molar-refractivity contribution in [2.24, 2.45) is 0 Å². The van der Waals surface area contributed by atoms with Gasteiger partial charge >= 0.3 is 0 Å². The summed E-state index contributed by atoms with van der Waals surface area (Å²) in [5.74, 6) is 0.295. The highest BCUT2D eigenvalue weighted by Crippen LogP contribution is 2.25. The van der Waals surface area contributed by atoms with E-state index >= 15 is 0 Å². The van der Waals surface area contributed by atoms with Gasteiger partial charge in [-0.05, 0) is 12.6 Å². The Bertz CT molecular complexity index is 336. The molecule has 86 valence electrons. The van der Waals surface area contributed by atoms with Gasteiger partial charge in [0.05, 0.1) is 12.7 Å². The number of hydrogen-bond donors (Lipinski definition) is 0. The molecule has 16 heavy (non-hydrogen) atoms. The summed E-state index contributed by atoms with van der Waals surface area (Å²) >= 11 is 0. The third kappa shape index (κ3) is 2.52. The molecule has 0 bridgehead atoms. The molecule has 0 radical (unpaired) electrons. The molecule has 0 aromatic heterocycles. The Morgan fingerprint density at radius 1 is 1.44 bits per heavy atom. The lowest BCUT2D eigenvalue weighted by Crippen LogP contribution is -2.42. The third-order valence-electron chi connectivity index (χ3n) is 3.14. The first kappa shape index (κ1) is 11.4. The molecular formula is C14H19NO. The topological polar surface area (TPSA) is 12.5 Å². The van der Waals surface area contributed by atoms with Crippen LogP contribution in [0.3, 0.4) is 0 Å². The fourth-order valence-electron chi connectivity index (χ4n) is 2.21. The van der Waals surface area contributed by atoms with E-state index in [0.717, 1.165) is 19.7 Å². The van der Waals surface area contributed by atoms with E-state index in [1.54, 1.807) is 0 Å². The number of likely N-dealkylation sites (N-methyl/N-ethyl adjacent to an activating group) is 1. The zero-order valence-corrected chi connectivity index (χ0v) is 9.80. The second-order valence-electron chi connectivity index (χ2n) is 4.34. The average Bonchev–Trinajstić information content (AvgIpc) is 2.31. The van der Waals surface area contributed by atoms with Gasteiger partial charge in [0.2, 0.25) is 0 Å². The molecule has 1 saturated heterocycles. The van der Waals surface area contributed by atoms with Crippen LogP contribution in [0.4, 0.5) is 0 Å². The Morgan fingerprint density at radius 2 is 2.19 bits per heavy atom. The summed E-state index contributed by atoms with van der Waals surface area (Å²) in [5.41, 5.74) is 1.29. The molecule has 1 aromatic rings. The highest BCUT2D eigenvalue weighted by molar-refractivity contribution is 5.25. The minimum Gasteiger partial charge on any atom is -0.375 e. The molecule has 0 N–H and O–H groups in total. The molecule has 1 aromatic carbocycles. The SMILES string of the molecule is C=CC(c1ccccc1)C1CN(C)CCO1. The van der Waals surface area contributed by atoms with Gasteiger partial charge in [0.1, 0.15) is 0 Å². The molecule has 2 heteroatoms. The summed E-state index contributed by atoms with van der Waals surface area (Å²) in [6.45, 7) is 6.76. The molecule has 2 unspecified atom stereocenters. The van der Waals surface area contributed by atoms with Gasteiger partial charge in [-0.2, -0.15) is 0 Å². The summed E-state index contributed by atoms with van der Waals surface area (Å²) in [5, 5.41) is 0. The third-order valence-corrected chi connectivity index (χ3v) is 3.14. The van der Waals surface area contributed by atoms with Crippen molar-refractivity contribution in [2.75, 3.05) is 26.7 Å². The van der Waals surface area contributed by atoms with Crippen molar-refractivity contribution in [1.82, 2.24) is 4.90 Å². The van der Waals surface area contributed by atoms with Crippen LogP contribution in [-0.2, 0) is 4.74 Å². The first-order valence-corrected chi connectivity index (χ1v) is 5.79. The number of nitrogens with zero attached hydrogens (tertiary/aromatic N) is 1. The largest absolute Gasteiger partial charge is 0.375 e. The second-order valence-corrected chi connectivity index (χ2v) is 4.34. The van der Waals surface area contributed by atoms with Crippen molar-refractivity contribution in [1.29, 1.82) is 0 Å². The summed E-state index contributed by atoms with van der Waals surface area (Å²) < 4.78 is 5.84. The van der Waals surface area contributed by atoms with Crippen LogP contribution in [0.5, 0.6) is 0 Å². The predicted octanol–water partition coefficient (Wildman–Crippen LogP) is 2.29. The van der Waals surface area contributed by atoms with Gasteiger partial charge in [-0.1, -0.05) is 36.4 Å². The van der Waals surface area contributed by atoms with Crippen molar-refractivity contribution >= 4 is 0 Å². The average molecular weight is 217 g/mol. The zero-order chi connectivity index (χ0) is 11.4. The maximum absolute atomic E-state index is 5.84. The van der Waals surface area contributed by atoms with E-state index in [1.165, 1.54) is 5.56 Å². The van der Waals surface area contributed by atoms with Crippen molar-refractivity contribution < 1.29 is 4.74 Å². The van der Waals surface area contributed by atoms with Gasteiger partial charge in [-0.25, -0.2) is 0 Å². The maximum Gasteiger partial charge on any atom is 0.0805 e. The van der Waals surface area contributed by atoms with E-state index in [0.29, 0.717) is 5.92 Å². The highest BCUT2D eigenvalue weighted by atomic mass is 16.5. The molecule has 0 saturated carbocycles. The first-order chi connectivity index (χ1) is 7.81. The summed E-state index contributed by atoms with van der Waals surface area (Å²) in [7, 11) is 2.14. The lowest BCUT2D eigenvalue weighted by Gasteiger charge is -2.34. The summed E-state index contributed by atoms with van der Waals surface area (Å²) in [4.78, 5) is 2.31. The molecular weight excluding hydrogens is 198 g/mol. The van der Waals surface area contributed by atoms with Crippen LogP contribution in [-0.4, -0.2) is 37.7 Å². The van der Waals surface area contributed by atoms with E-state index in [9.17, 15) is 0 Å². The minimum absolute atomic E-state index is 0.235. The van der Waals surface area contributed by atoms with Crippen molar-refractivity contribution in [3.63, 3.8) is 0 Å². The van der Waals surface area contributed by atoms with Gasteiger partial charge in [0.25, 0.3) is 0 Å². The Balaban J connectivity index is 2.13. The Hall–Kier alpha value is -1.12. The summed E-state index contributed by atoms with van der Waals surface area (Å²) in [6, 6.07) is 10.5. The van der Waals surface area contributed by atoms with Crippen LogP contribution < -0.4 is 0 Å². The molecule has 2 nitrogen and oxygen atoms in total. The smallest absolute Gasteiger partial charge is 0.0805 e. The molecule has 0 aliphatic carbocycles. The molecule has 1 fully saturated rings. The van der Waals surface area contributed by atoms with Crippen LogP contribution in [0.2, 0.25) is 0 Å². The molecule has 2 atom stereocenters. The van der Waals surface area contributed by atoms with Gasteiger partial charge in [0.15, 0.2) is 0 Å². The lowest BCUT2D eigenvalue weighted by atomic mass is 9.92. The van der Waals surface area contributed by atoms with Crippen molar-refractivity contribution in [2.45, 2.75) is 12.0 Å². The van der Waals surface area contributed by atoms with Crippen molar-refractivity contribution in [3.8, 4) is 0 Å².